The van der Waals surface area contributed by atoms with Gasteiger partial charge in [0.15, 0.2) is 29.5 Å². The van der Waals surface area contributed by atoms with Crippen LogP contribution in [0.2, 0.25) is 0 Å². The number of aryl methyl sites for hydroxylation is 3. The van der Waals surface area contributed by atoms with Crippen molar-refractivity contribution >= 4 is 155 Å². The lowest BCUT2D eigenvalue weighted by atomic mass is 9.47. The first-order chi connectivity index (χ1) is 64.4. The molecule has 10 aromatic rings. The lowest BCUT2D eigenvalue weighted by molar-refractivity contribution is -0.119. The van der Waals surface area contributed by atoms with Crippen molar-refractivity contribution in [2.24, 2.45) is 86.5 Å². The molecule has 22 heteroatoms. The van der Waals surface area contributed by atoms with Crippen molar-refractivity contribution in [3.63, 3.8) is 0 Å². The topological polar surface area (TPSA) is 260 Å². The highest BCUT2D eigenvalue weighted by Gasteiger charge is 2.59. The number of azo groups is 1. The van der Waals surface area contributed by atoms with Gasteiger partial charge in [0.2, 0.25) is 0 Å². The molecule has 0 spiro atoms. The van der Waals surface area contributed by atoms with Gasteiger partial charge in [0.05, 0.1) is 54.9 Å². The van der Waals surface area contributed by atoms with Gasteiger partial charge in [-0.3, -0.25) is 14.8 Å². The summed E-state index contributed by atoms with van der Waals surface area (Å²) in [5, 5.41) is 26.4. The van der Waals surface area contributed by atoms with Gasteiger partial charge in [-0.1, -0.05) is 205 Å². The first kappa shape index (κ1) is 105. The average Bonchev–Trinajstić information content (AvgIpc) is 1.49. The third kappa shape index (κ3) is 27.0. The second kappa shape index (κ2) is 49.3. The van der Waals surface area contributed by atoms with Crippen LogP contribution in [0.15, 0.2) is 242 Å². The van der Waals surface area contributed by atoms with E-state index in [0.29, 0.717) is 74.3 Å². The molecule has 2 heterocycles. The van der Waals surface area contributed by atoms with Crippen LogP contribution in [0.5, 0.6) is 0 Å². The number of urea groups is 1. The lowest BCUT2D eigenvalue weighted by Crippen LogP contribution is -2.50. The van der Waals surface area contributed by atoms with Crippen LogP contribution in [-0.4, -0.2) is 156 Å². The van der Waals surface area contributed by atoms with Gasteiger partial charge in [0.25, 0.3) is 0 Å². The highest BCUT2D eigenvalue weighted by molar-refractivity contribution is 8.00. The Hall–Kier alpha value is -9.74. The van der Waals surface area contributed by atoms with Crippen LogP contribution in [0.3, 0.4) is 0 Å². The van der Waals surface area contributed by atoms with Gasteiger partial charge in [0, 0.05) is 101 Å². The molecule has 6 aliphatic rings. The van der Waals surface area contributed by atoms with E-state index >= 15 is 0 Å². The molecule has 716 valence electrons. The second-order valence-corrected chi connectivity index (χ2v) is 46.2. The quantitative estimate of drug-likeness (QED) is 0.0101. The summed E-state index contributed by atoms with van der Waals surface area (Å²) < 4.78 is 74.5. The molecule has 1 unspecified atom stereocenters. The summed E-state index contributed by atoms with van der Waals surface area (Å²) >= 11 is 1.93. The molecule has 134 heavy (non-hydrogen) atoms. The number of aliphatic imine (C=N–C) groups is 6. The number of rotatable bonds is 32. The number of Topliss-reactive ketones (excluding diaryl/α,β-unsaturated/α-hetero) is 1. The zero-order chi connectivity index (χ0) is 96.2. The number of nitrogens with one attached hydrogen (secondary N) is 2. The molecule has 0 aromatic heterocycles. The van der Waals surface area contributed by atoms with E-state index in [0.717, 1.165) is 137 Å². The number of hydrogen-bond acceptors (Lipinski definition) is 17. The first-order valence-electron chi connectivity index (χ1n) is 48.7. The fourth-order valence-electron chi connectivity index (χ4n) is 21.6. The van der Waals surface area contributed by atoms with Crippen LogP contribution in [0, 0.1) is 67.1 Å². The summed E-state index contributed by atoms with van der Waals surface area (Å²) in [5.74, 6) is 7.36. The molecule has 10 atom stereocenters. The largest absolute Gasteiger partial charge is 0.332 e. The van der Waals surface area contributed by atoms with E-state index < -0.39 is 29.5 Å². The van der Waals surface area contributed by atoms with Gasteiger partial charge >= 0.3 is 6.03 Å². The van der Waals surface area contributed by atoms with Gasteiger partial charge in [-0.25, -0.2) is 30.0 Å². The van der Waals surface area contributed by atoms with Gasteiger partial charge in [-0.05, 0) is 311 Å². The van der Waals surface area contributed by atoms with Crippen molar-refractivity contribution in [1.29, 1.82) is 0 Å². The summed E-state index contributed by atoms with van der Waals surface area (Å²) in [4.78, 5) is 48.5. The van der Waals surface area contributed by atoms with Crippen LogP contribution >= 0.6 is 11.8 Å². The zero-order valence-corrected chi connectivity index (χ0v) is 85.4. The molecule has 18 nitrogen and oxygen atoms in total. The molecule has 10 aromatic carbocycles. The number of sulfone groups is 3. The standard InChI is InChI=1S/C28H47N.C19H23N3O2S.C18H13N.C17H21NO2S.C15H25N3O2S.C15H17NO2S/c1-19(2)8-7-9-20(3)24-12-13-25-23-11-10-21-18-22(29-6)14-16-27(21,4)26(23)15-17-28(24,25)5;1-16-6-8-17(9-7-16)21-22-18-10-12-19(13-11-18)25(23,24)15-5-3-4-14-20-2;1-19-11-15-8-7-14-6-5-12-3-2-4-13-9-10-16(15)18(14)17(12)13;1-14-8-6-10-16-15(14)9-7-11-17(16)21(19,20)13-5-3-4-12-18-2;1-15-10-21-12(13(15)17-14(20)18-15)8-4-3-6-11(19)7-5-9-16-2;1-12-6-3-8-14-13(12)7-4-9-15(14)19(17,18)11-5-10-16-2/h10,19-20,23-26H,7-9,11-18H2,1-6H3;6-14H,3-5,15H2,1-2H3;2-11H,1H3;6-12H,3-5,13H2,1-2H3;9,12-13H,3-8,10H2,1-2H3,(H2,17,18,20);3-4,6-10H,5,11H2,1-2H3/t20-,23+,24-,25?,26+,27+,28-;;;;12-,13+,15-;/m1...0./s1. The monoisotopic (exact) mass is 1890 g/mol. The number of fused-ring (bicyclic) bond motifs is 8. The highest BCUT2D eigenvalue weighted by Crippen LogP contribution is 2.67. The van der Waals surface area contributed by atoms with Crippen LogP contribution < -0.4 is 10.6 Å². The number of amides is 2. The smallest absolute Gasteiger partial charge is 0.315 e. The maximum atomic E-state index is 12.6. The summed E-state index contributed by atoms with van der Waals surface area (Å²) in [7, 11) is 0.884. The molecular formula is C112H146N10O8S4. The number of hydrogen-bond donors (Lipinski definition) is 2. The SMILES string of the molecule is CN=C1CC[C@@]2(C)C(=CC[C@H]3C4CC[C@H]([C@H](C)CCCC(C)C)[C@@]4(C)CC[C@@H]32)C1.CN=CCCC(=O)CCCC[C@@H]1SC[C@]2(C)NC(=O)N[C@H]12.CN=CCCCCS(=O)(=O)c1ccc(N=Nc2ccc(C)cc2)cc1.CN=CCCCCS(=O)(=O)c1cccc2c(C)cccc12.CN=CCCS(=O)(=O)c1cccc2c(C)cccc12.CN=Cc1ccc2ccc3cccc4ccc1c2c34. The predicted octanol–water partition coefficient (Wildman–Crippen LogP) is 26.7. The Morgan fingerprint density at radius 2 is 1.07 bits per heavy atom. The number of ketones is 1. The summed E-state index contributed by atoms with van der Waals surface area (Å²) in [6, 6.07) is 56.6. The lowest BCUT2D eigenvalue weighted by Gasteiger charge is -2.58. The Kier molecular flexibility index (Phi) is 38.6. The van der Waals surface area contributed by atoms with E-state index in [1.165, 1.54) is 114 Å². The maximum absolute atomic E-state index is 12.6. The van der Waals surface area contributed by atoms with Crippen molar-refractivity contribution < 1.29 is 34.8 Å². The molecular weight excluding hydrogens is 1740 g/mol. The maximum Gasteiger partial charge on any atom is 0.315 e. The Balaban J connectivity index is 0.000000156. The Morgan fingerprint density at radius 3 is 1.67 bits per heavy atom. The number of thioether (sulfide) groups is 1. The molecule has 0 radical (unpaired) electrons. The Labute approximate surface area is 804 Å². The minimum Gasteiger partial charge on any atom is -0.332 e. The normalized spacial score (nSPS) is 22.2. The number of benzene rings is 10. The van der Waals surface area contributed by atoms with Gasteiger partial charge in [-0.2, -0.15) is 22.0 Å². The molecule has 2 N–H and O–H groups in total. The number of carbonyl (C=O) groups excluding carboxylic acids is 2. The average molecular weight is 1890 g/mol. The number of unbranched alkanes of at least 4 members (excludes halogenated alkanes) is 5. The fraction of sp³-hybridized carbons (Fsp3) is 0.482. The minimum atomic E-state index is -3.27. The van der Waals surface area contributed by atoms with E-state index in [-0.39, 0.29) is 34.9 Å². The minimum absolute atomic E-state index is 0.0411. The third-order valence-electron chi connectivity index (χ3n) is 29.0. The number of nitrogens with zero attached hydrogens (tertiary/aromatic N) is 8. The summed E-state index contributed by atoms with van der Waals surface area (Å²) in [6.07, 6.45) is 37.3. The molecule has 16 rings (SSSR count). The molecule has 0 bridgehead atoms. The van der Waals surface area contributed by atoms with Crippen molar-refractivity contribution in [2.75, 3.05) is 65.3 Å². The molecule has 2 saturated heterocycles. The van der Waals surface area contributed by atoms with E-state index in [1.807, 2.05) is 138 Å². The van der Waals surface area contributed by atoms with Crippen LogP contribution in [0.25, 0.3) is 53.9 Å². The van der Waals surface area contributed by atoms with Crippen molar-refractivity contribution in [3.8, 4) is 0 Å². The Bertz CT molecular complexity index is 6210. The Morgan fingerprint density at radius 1 is 0.515 bits per heavy atom. The third-order valence-corrected chi connectivity index (χ3v) is 36.2. The summed E-state index contributed by atoms with van der Waals surface area (Å²) in [5.41, 5.74) is 10.1. The predicted molar refractivity (Wildman–Crippen MR) is 568 cm³/mol. The van der Waals surface area contributed by atoms with Crippen LogP contribution in [0.4, 0.5) is 16.2 Å². The van der Waals surface area contributed by atoms with E-state index in [9.17, 15) is 34.8 Å². The van der Waals surface area contributed by atoms with E-state index in [1.54, 1.807) is 94.9 Å². The van der Waals surface area contributed by atoms with Crippen LogP contribution in [0.1, 0.15) is 218 Å². The highest BCUT2D eigenvalue weighted by atomic mass is 32.2. The molecule has 4 aliphatic carbocycles. The molecule has 3 saturated carbocycles. The van der Waals surface area contributed by atoms with Crippen molar-refractivity contribution in [3.05, 3.63) is 210 Å². The van der Waals surface area contributed by atoms with Crippen molar-refractivity contribution in [2.45, 2.75) is 248 Å². The fourth-order valence-corrected chi connectivity index (χ4v) is 27.8. The van der Waals surface area contributed by atoms with Gasteiger partial charge in [-0.15, -0.1) is 0 Å². The van der Waals surface area contributed by atoms with Crippen LogP contribution in [-0.2, 0) is 34.3 Å². The van der Waals surface area contributed by atoms with Gasteiger partial charge in [0.1, 0.15) is 5.78 Å². The van der Waals surface area contributed by atoms with Gasteiger partial charge < -0.3 is 30.6 Å². The van der Waals surface area contributed by atoms with Crippen molar-refractivity contribution in [1.82, 2.24) is 10.6 Å². The molecule has 2 amide bonds. The van der Waals surface area contributed by atoms with E-state index in [2.05, 4.69) is 153 Å². The van der Waals surface area contributed by atoms with E-state index in [4.69, 9.17) is 0 Å². The zero-order valence-electron chi connectivity index (χ0n) is 82.1. The second-order valence-electron chi connectivity index (χ2n) is 38.7. The first-order valence-corrected chi connectivity index (χ1v) is 54.7. The molecule has 2 aliphatic heterocycles. The number of allylic oxidation sites excluding steroid dienone is 2. The number of carbonyl (C=O) groups is 2. The molecule has 5 fully saturated rings. The summed E-state index contributed by atoms with van der Waals surface area (Å²) in [6.45, 7) is 20.8.